The van der Waals surface area contributed by atoms with E-state index in [-0.39, 0.29) is 0 Å². The van der Waals surface area contributed by atoms with E-state index in [0.29, 0.717) is 11.4 Å². The lowest BCUT2D eigenvalue weighted by molar-refractivity contribution is 0.172. The van der Waals surface area contributed by atoms with Crippen LogP contribution in [0.1, 0.15) is 35.4 Å². The SMILES string of the molecule is CCc1cccnc1C(O)Cc1ccc(C)cc1Cl. The van der Waals surface area contributed by atoms with E-state index in [9.17, 15) is 5.11 Å². The number of aliphatic hydroxyl groups is 1. The highest BCUT2D eigenvalue weighted by atomic mass is 35.5. The fraction of sp³-hybridized carbons (Fsp3) is 0.312. The Hall–Kier alpha value is -1.38. The van der Waals surface area contributed by atoms with E-state index in [1.165, 1.54) is 0 Å². The van der Waals surface area contributed by atoms with Crippen LogP contribution in [0.15, 0.2) is 36.5 Å². The molecule has 0 saturated carbocycles. The summed E-state index contributed by atoms with van der Waals surface area (Å²) < 4.78 is 0. The molecule has 19 heavy (non-hydrogen) atoms. The smallest absolute Gasteiger partial charge is 0.100 e. The van der Waals surface area contributed by atoms with Gasteiger partial charge >= 0.3 is 0 Å². The first kappa shape index (κ1) is 14.0. The predicted octanol–water partition coefficient (Wildman–Crippen LogP) is 3.88. The Morgan fingerprint density at radius 1 is 1.26 bits per heavy atom. The lowest BCUT2D eigenvalue weighted by Crippen LogP contribution is -2.07. The summed E-state index contributed by atoms with van der Waals surface area (Å²) in [5, 5.41) is 11.1. The highest BCUT2D eigenvalue weighted by molar-refractivity contribution is 6.31. The maximum absolute atomic E-state index is 10.4. The molecule has 1 aromatic heterocycles. The molecule has 0 bridgehead atoms. The van der Waals surface area contributed by atoms with E-state index in [1.54, 1.807) is 6.20 Å². The van der Waals surface area contributed by atoms with Crippen molar-refractivity contribution in [3.63, 3.8) is 0 Å². The molecule has 1 aromatic carbocycles. The molecule has 3 heteroatoms. The van der Waals surface area contributed by atoms with Crippen molar-refractivity contribution in [2.45, 2.75) is 32.8 Å². The molecular formula is C16H18ClNO. The van der Waals surface area contributed by atoms with Crippen LogP contribution in [0.25, 0.3) is 0 Å². The van der Waals surface area contributed by atoms with Crippen LogP contribution in [0.2, 0.25) is 5.02 Å². The molecule has 0 spiro atoms. The van der Waals surface area contributed by atoms with Gasteiger partial charge in [0, 0.05) is 17.6 Å². The second kappa shape index (κ2) is 6.18. The minimum Gasteiger partial charge on any atom is -0.386 e. The molecule has 2 rings (SSSR count). The van der Waals surface area contributed by atoms with E-state index in [2.05, 4.69) is 11.9 Å². The second-order valence-electron chi connectivity index (χ2n) is 4.72. The number of hydrogen-bond acceptors (Lipinski definition) is 2. The summed E-state index contributed by atoms with van der Waals surface area (Å²) in [5.74, 6) is 0. The van der Waals surface area contributed by atoms with Crippen LogP contribution in [0.3, 0.4) is 0 Å². The molecule has 0 aliphatic rings. The zero-order valence-corrected chi connectivity index (χ0v) is 12.0. The van der Waals surface area contributed by atoms with E-state index in [0.717, 1.165) is 28.8 Å². The first-order valence-corrected chi connectivity index (χ1v) is 6.86. The van der Waals surface area contributed by atoms with Gasteiger partial charge in [0.15, 0.2) is 0 Å². The number of aliphatic hydroxyl groups excluding tert-OH is 1. The Kier molecular flexibility index (Phi) is 4.56. The van der Waals surface area contributed by atoms with Gasteiger partial charge in [0.25, 0.3) is 0 Å². The lowest BCUT2D eigenvalue weighted by atomic mass is 10.00. The van der Waals surface area contributed by atoms with Crippen LogP contribution >= 0.6 is 11.6 Å². The van der Waals surface area contributed by atoms with Crippen molar-refractivity contribution in [1.29, 1.82) is 0 Å². The van der Waals surface area contributed by atoms with Crippen molar-refractivity contribution in [3.05, 3.63) is 63.9 Å². The summed E-state index contributed by atoms with van der Waals surface area (Å²) in [6.07, 6.45) is 2.45. The van der Waals surface area contributed by atoms with Gasteiger partial charge in [0.1, 0.15) is 6.10 Å². The van der Waals surface area contributed by atoms with Crippen molar-refractivity contribution < 1.29 is 5.11 Å². The number of benzene rings is 1. The number of halogens is 1. The Morgan fingerprint density at radius 2 is 2.05 bits per heavy atom. The largest absolute Gasteiger partial charge is 0.386 e. The average Bonchev–Trinajstić information content (AvgIpc) is 2.41. The summed E-state index contributed by atoms with van der Waals surface area (Å²) in [6.45, 7) is 4.06. The molecule has 2 aromatic rings. The van der Waals surface area contributed by atoms with Gasteiger partial charge in [0.2, 0.25) is 0 Å². The molecule has 1 N–H and O–H groups in total. The number of aromatic nitrogens is 1. The van der Waals surface area contributed by atoms with Crippen LogP contribution in [-0.4, -0.2) is 10.1 Å². The standard InChI is InChI=1S/C16H18ClNO/c1-3-12-5-4-8-18-16(12)15(19)10-13-7-6-11(2)9-14(13)17/h4-9,15,19H,3,10H2,1-2H3. The van der Waals surface area contributed by atoms with Crippen molar-refractivity contribution in [2.75, 3.05) is 0 Å². The molecule has 100 valence electrons. The molecule has 1 heterocycles. The van der Waals surface area contributed by atoms with E-state index in [1.807, 2.05) is 37.3 Å². The molecule has 0 aliphatic heterocycles. The van der Waals surface area contributed by atoms with Gasteiger partial charge in [-0.3, -0.25) is 4.98 Å². The molecule has 1 unspecified atom stereocenters. The normalized spacial score (nSPS) is 12.4. The van der Waals surface area contributed by atoms with Crippen molar-refractivity contribution >= 4 is 11.6 Å². The highest BCUT2D eigenvalue weighted by Gasteiger charge is 2.15. The van der Waals surface area contributed by atoms with Gasteiger partial charge in [-0.1, -0.05) is 36.7 Å². The second-order valence-corrected chi connectivity index (χ2v) is 5.12. The zero-order valence-electron chi connectivity index (χ0n) is 11.2. The van der Waals surface area contributed by atoms with Crippen LogP contribution in [0.4, 0.5) is 0 Å². The van der Waals surface area contributed by atoms with Gasteiger partial charge in [-0.25, -0.2) is 0 Å². The van der Waals surface area contributed by atoms with Gasteiger partial charge < -0.3 is 5.11 Å². The highest BCUT2D eigenvalue weighted by Crippen LogP contribution is 2.25. The fourth-order valence-electron chi connectivity index (χ4n) is 2.17. The third kappa shape index (κ3) is 3.34. The Labute approximate surface area is 119 Å². The average molecular weight is 276 g/mol. The number of aryl methyl sites for hydroxylation is 2. The summed E-state index contributed by atoms with van der Waals surface area (Å²) in [7, 11) is 0. The lowest BCUT2D eigenvalue weighted by Gasteiger charge is -2.14. The van der Waals surface area contributed by atoms with Crippen LogP contribution in [0.5, 0.6) is 0 Å². The zero-order chi connectivity index (χ0) is 13.8. The van der Waals surface area contributed by atoms with Gasteiger partial charge in [0.05, 0.1) is 5.69 Å². The quantitative estimate of drug-likeness (QED) is 0.918. The first-order valence-electron chi connectivity index (χ1n) is 6.48. The fourth-order valence-corrected chi connectivity index (χ4v) is 2.48. The van der Waals surface area contributed by atoms with Crippen LogP contribution in [0, 0.1) is 6.92 Å². The van der Waals surface area contributed by atoms with Gasteiger partial charge in [-0.15, -0.1) is 0 Å². The topological polar surface area (TPSA) is 33.1 Å². The van der Waals surface area contributed by atoms with Crippen molar-refractivity contribution in [2.24, 2.45) is 0 Å². The number of nitrogens with zero attached hydrogens (tertiary/aromatic N) is 1. The van der Waals surface area contributed by atoms with Crippen molar-refractivity contribution in [1.82, 2.24) is 4.98 Å². The van der Waals surface area contributed by atoms with E-state index >= 15 is 0 Å². The van der Waals surface area contributed by atoms with E-state index < -0.39 is 6.10 Å². The molecule has 2 nitrogen and oxygen atoms in total. The van der Waals surface area contributed by atoms with Crippen LogP contribution in [-0.2, 0) is 12.8 Å². The minimum absolute atomic E-state index is 0.489. The molecule has 1 atom stereocenters. The number of pyridine rings is 1. The molecule has 0 radical (unpaired) electrons. The molecule has 0 aliphatic carbocycles. The Morgan fingerprint density at radius 3 is 2.74 bits per heavy atom. The summed E-state index contributed by atoms with van der Waals surface area (Å²) in [4.78, 5) is 4.30. The Balaban J connectivity index is 2.23. The van der Waals surface area contributed by atoms with Crippen LogP contribution < -0.4 is 0 Å². The first-order chi connectivity index (χ1) is 9.11. The Bertz CT molecular complexity index is 568. The summed E-state index contributed by atoms with van der Waals surface area (Å²) >= 11 is 6.20. The van der Waals surface area contributed by atoms with E-state index in [4.69, 9.17) is 11.6 Å². The number of rotatable bonds is 4. The summed E-state index contributed by atoms with van der Waals surface area (Å²) in [5.41, 5.74) is 3.91. The molecule has 0 saturated heterocycles. The van der Waals surface area contributed by atoms with Gasteiger partial charge in [-0.2, -0.15) is 0 Å². The third-order valence-electron chi connectivity index (χ3n) is 3.24. The minimum atomic E-state index is -0.614. The van der Waals surface area contributed by atoms with Crippen molar-refractivity contribution in [3.8, 4) is 0 Å². The number of hydrogen-bond donors (Lipinski definition) is 1. The van der Waals surface area contributed by atoms with Gasteiger partial charge in [-0.05, 0) is 42.2 Å². The maximum atomic E-state index is 10.4. The molecular weight excluding hydrogens is 258 g/mol. The monoisotopic (exact) mass is 275 g/mol. The molecule has 0 fully saturated rings. The molecule has 0 amide bonds. The maximum Gasteiger partial charge on any atom is 0.100 e. The third-order valence-corrected chi connectivity index (χ3v) is 3.60. The summed E-state index contributed by atoms with van der Waals surface area (Å²) in [6, 6.07) is 9.79. The predicted molar refractivity (Wildman–Crippen MR) is 78.5 cm³/mol.